The first-order chi connectivity index (χ1) is 17.6. The summed E-state index contributed by atoms with van der Waals surface area (Å²) in [6.45, 7) is 7.22. The number of carboxylic acid groups (broad SMARTS) is 1. The number of unbranched alkanes of at least 4 members (excludes halogenated alkanes) is 8. The molecule has 0 aliphatic heterocycles. The molecule has 1 atom stereocenters. The number of aromatic carboxylic acids is 1. The lowest BCUT2D eigenvalue weighted by atomic mass is 10.1. The first-order valence-electron chi connectivity index (χ1n) is 14.9. The Morgan fingerprint density at radius 3 is 2.25 bits per heavy atom. The molecule has 2 aliphatic rings. The Morgan fingerprint density at radius 2 is 1.67 bits per heavy atom. The molecule has 4 N–H and O–H groups in total. The smallest absolute Gasteiger partial charge is 0.354 e. The molecule has 2 saturated carbocycles. The topological polar surface area (TPSA) is 97.5 Å². The lowest BCUT2D eigenvalue weighted by molar-refractivity contribution is 0.0689. The monoisotopic (exact) mass is 503 g/mol. The van der Waals surface area contributed by atoms with E-state index in [0.717, 1.165) is 31.4 Å². The van der Waals surface area contributed by atoms with Gasteiger partial charge in [0.25, 0.3) is 0 Å². The van der Waals surface area contributed by atoms with Crippen molar-refractivity contribution >= 4 is 5.97 Å². The second-order valence-corrected chi connectivity index (χ2v) is 10.8. The molecule has 6 nitrogen and oxygen atoms in total. The van der Waals surface area contributed by atoms with Crippen LogP contribution in [0.1, 0.15) is 139 Å². The first-order valence-corrected chi connectivity index (χ1v) is 14.9. The molecule has 0 amide bonds. The zero-order chi connectivity index (χ0) is 26.0. The van der Waals surface area contributed by atoms with Gasteiger partial charge in [-0.2, -0.15) is 0 Å². The van der Waals surface area contributed by atoms with Gasteiger partial charge in [0, 0.05) is 11.6 Å². The van der Waals surface area contributed by atoms with Crippen molar-refractivity contribution in [2.24, 2.45) is 11.7 Å². The number of pyridine rings is 1. The minimum atomic E-state index is -0.997. The molecular formula is C30H53N3O3. The molecule has 0 radical (unpaired) electrons. The van der Waals surface area contributed by atoms with Crippen LogP contribution in [0.2, 0.25) is 0 Å². The number of hydrogen-bond donors (Lipinski definition) is 3. The van der Waals surface area contributed by atoms with E-state index in [1.165, 1.54) is 90.0 Å². The van der Waals surface area contributed by atoms with Crippen molar-refractivity contribution in [3.05, 3.63) is 23.4 Å². The van der Waals surface area contributed by atoms with Crippen molar-refractivity contribution in [3.8, 4) is 5.88 Å². The molecule has 0 spiro atoms. The van der Waals surface area contributed by atoms with E-state index >= 15 is 0 Å². The third-order valence-corrected chi connectivity index (χ3v) is 7.16. The Hall–Kier alpha value is -1.66. The van der Waals surface area contributed by atoms with Crippen molar-refractivity contribution in [3.63, 3.8) is 0 Å². The molecule has 0 aromatic carbocycles. The number of ether oxygens (including phenoxy) is 1. The van der Waals surface area contributed by atoms with Crippen molar-refractivity contribution in [2.45, 2.75) is 129 Å². The first kappa shape index (κ1) is 30.6. The highest BCUT2D eigenvalue weighted by atomic mass is 16.5. The number of carbonyl (C=O) groups is 1. The number of nitrogens with one attached hydrogen (secondary N) is 1. The van der Waals surface area contributed by atoms with Crippen LogP contribution in [-0.2, 0) is 0 Å². The van der Waals surface area contributed by atoms with E-state index in [9.17, 15) is 4.79 Å². The lowest BCUT2D eigenvalue weighted by Gasteiger charge is -2.17. The fourth-order valence-corrected chi connectivity index (χ4v) is 4.44. The second kappa shape index (κ2) is 18.6. The van der Waals surface area contributed by atoms with Crippen LogP contribution in [0.5, 0.6) is 5.88 Å². The van der Waals surface area contributed by atoms with E-state index < -0.39 is 5.97 Å². The molecule has 2 fully saturated rings. The maximum Gasteiger partial charge on any atom is 0.354 e. The number of hydrogen-bond acceptors (Lipinski definition) is 5. The summed E-state index contributed by atoms with van der Waals surface area (Å²) in [6, 6.07) is 4.09. The van der Waals surface area contributed by atoms with Crippen molar-refractivity contribution in [2.75, 3.05) is 19.7 Å². The summed E-state index contributed by atoms with van der Waals surface area (Å²) in [4.78, 5) is 15.0. The van der Waals surface area contributed by atoms with Gasteiger partial charge in [-0.25, -0.2) is 9.78 Å². The van der Waals surface area contributed by atoms with E-state index in [1.807, 2.05) is 6.07 Å². The predicted octanol–water partition coefficient (Wildman–Crippen LogP) is 7.07. The fourth-order valence-electron chi connectivity index (χ4n) is 4.44. The Morgan fingerprint density at radius 1 is 1.00 bits per heavy atom. The summed E-state index contributed by atoms with van der Waals surface area (Å²) >= 11 is 0. The SMILES string of the molecule is CCCCCCCCCCNC(CCN)CCCC.O=C(O)c1ccc(C2CC2)c(OCC2CC2)n1. The molecule has 206 valence electrons. The highest BCUT2D eigenvalue weighted by molar-refractivity contribution is 5.85. The van der Waals surface area contributed by atoms with Gasteiger partial charge in [0.1, 0.15) is 0 Å². The zero-order valence-electron chi connectivity index (χ0n) is 23.1. The van der Waals surface area contributed by atoms with Crippen LogP contribution in [-0.4, -0.2) is 41.8 Å². The number of carboxylic acids is 1. The molecule has 6 heteroatoms. The molecule has 1 heterocycles. The van der Waals surface area contributed by atoms with Gasteiger partial charge in [0.2, 0.25) is 5.88 Å². The van der Waals surface area contributed by atoms with E-state index in [1.54, 1.807) is 6.07 Å². The number of rotatable bonds is 20. The van der Waals surface area contributed by atoms with Gasteiger partial charge in [-0.05, 0) is 75.9 Å². The third-order valence-electron chi connectivity index (χ3n) is 7.16. The van der Waals surface area contributed by atoms with Gasteiger partial charge < -0.3 is 20.9 Å². The molecular weight excluding hydrogens is 450 g/mol. The number of aromatic nitrogens is 1. The summed E-state index contributed by atoms with van der Waals surface area (Å²) in [6.07, 6.45) is 21.0. The summed E-state index contributed by atoms with van der Waals surface area (Å²) in [5, 5.41) is 12.6. The molecule has 0 bridgehead atoms. The van der Waals surface area contributed by atoms with Gasteiger partial charge in [0.15, 0.2) is 5.69 Å². The highest BCUT2D eigenvalue weighted by Gasteiger charge is 2.29. The second-order valence-electron chi connectivity index (χ2n) is 10.8. The van der Waals surface area contributed by atoms with Crippen LogP contribution in [0.4, 0.5) is 0 Å². The molecule has 36 heavy (non-hydrogen) atoms. The van der Waals surface area contributed by atoms with Crippen LogP contribution in [0.25, 0.3) is 0 Å². The number of nitrogens with zero attached hydrogens (tertiary/aromatic N) is 1. The normalized spacial score (nSPS) is 15.8. The Labute approximate surface area is 220 Å². The quantitative estimate of drug-likeness (QED) is 0.165. The Kier molecular flexibility index (Phi) is 15.8. The molecule has 1 unspecified atom stereocenters. The largest absolute Gasteiger partial charge is 0.477 e. The van der Waals surface area contributed by atoms with Crippen molar-refractivity contribution < 1.29 is 14.6 Å². The summed E-state index contributed by atoms with van der Waals surface area (Å²) < 4.78 is 5.68. The van der Waals surface area contributed by atoms with Crippen LogP contribution in [0, 0.1) is 5.92 Å². The molecule has 0 saturated heterocycles. The standard InChI is InChI=1S/C17H38N2.C13H15NO3/c1-3-5-7-8-9-10-11-12-16-19-17(14-15-18)13-6-4-2;15-13(16)11-6-5-10(9-3-4-9)12(14-11)17-7-8-1-2-8/h17,19H,3-16,18H2,1-2H3;5-6,8-9H,1-4,7H2,(H,15,16). The molecule has 3 rings (SSSR count). The minimum Gasteiger partial charge on any atom is -0.477 e. The predicted molar refractivity (Wildman–Crippen MR) is 149 cm³/mol. The summed E-state index contributed by atoms with van der Waals surface area (Å²) in [7, 11) is 0. The maximum absolute atomic E-state index is 10.9. The van der Waals surface area contributed by atoms with Gasteiger partial charge in [-0.1, -0.05) is 77.7 Å². The van der Waals surface area contributed by atoms with E-state index in [4.69, 9.17) is 15.6 Å². The molecule has 1 aromatic rings. The summed E-state index contributed by atoms with van der Waals surface area (Å²) in [5.74, 6) is 0.722. The van der Waals surface area contributed by atoms with Crippen LogP contribution >= 0.6 is 0 Å². The van der Waals surface area contributed by atoms with Gasteiger partial charge in [-0.3, -0.25) is 0 Å². The average Bonchev–Trinajstić information content (AvgIpc) is 3.79. The van der Waals surface area contributed by atoms with Crippen molar-refractivity contribution in [1.82, 2.24) is 10.3 Å². The van der Waals surface area contributed by atoms with E-state index in [-0.39, 0.29) is 5.69 Å². The van der Waals surface area contributed by atoms with Crippen LogP contribution in [0.3, 0.4) is 0 Å². The molecule has 1 aromatic heterocycles. The average molecular weight is 504 g/mol. The van der Waals surface area contributed by atoms with Gasteiger partial charge >= 0.3 is 5.97 Å². The highest BCUT2D eigenvalue weighted by Crippen LogP contribution is 2.44. The van der Waals surface area contributed by atoms with Gasteiger partial charge in [0.05, 0.1) is 6.61 Å². The Balaban J connectivity index is 0.000000254. The van der Waals surface area contributed by atoms with Crippen molar-refractivity contribution in [1.29, 1.82) is 0 Å². The maximum atomic E-state index is 10.9. The fraction of sp³-hybridized carbons (Fsp3) is 0.800. The molecule has 2 aliphatic carbocycles. The van der Waals surface area contributed by atoms with Crippen LogP contribution < -0.4 is 15.8 Å². The number of nitrogens with two attached hydrogens (primary N) is 1. The van der Waals surface area contributed by atoms with E-state index in [0.29, 0.717) is 30.4 Å². The van der Waals surface area contributed by atoms with E-state index in [2.05, 4.69) is 24.1 Å². The zero-order valence-corrected chi connectivity index (χ0v) is 23.1. The van der Waals surface area contributed by atoms with Crippen LogP contribution in [0.15, 0.2) is 12.1 Å². The lowest BCUT2D eigenvalue weighted by Crippen LogP contribution is -2.32. The van der Waals surface area contributed by atoms with Gasteiger partial charge in [-0.15, -0.1) is 0 Å². The Bertz CT molecular complexity index is 719. The minimum absolute atomic E-state index is 0.0696. The summed E-state index contributed by atoms with van der Waals surface area (Å²) in [5.41, 5.74) is 6.82. The third kappa shape index (κ3) is 13.6.